The van der Waals surface area contributed by atoms with Crippen LogP contribution in [0, 0.1) is 6.92 Å². The molecule has 0 aliphatic rings. The molecule has 1 N–H and O–H groups in total. The third-order valence-corrected chi connectivity index (χ3v) is 2.64. The van der Waals surface area contributed by atoms with Crippen molar-refractivity contribution in [3.63, 3.8) is 0 Å². The molecule has 2 aromatic heterocycles. The number of carboxylic acid groups (broad SMARTS) is 1. The van der Waals surface area contributed by atoms with Gasteiger partial charge in [-0.25, -0.2) is 4.79 Å². The number of carboxylic acids is 1. The Hall–Kier alpha value is -2.56. The van der Waals surface area contributed by atoms with Gasteiger partial charge in [-0.2, -0.15) is 4.98 Å². The van der Waals surface area contributed by atoms with Gasteiger partial charge in [-0.05, 0) is 19.1 Å². The van der Waals surface area contributed by atoms with Gasteiger partial charge in [-0.3, -0.25) is 0 Å². The van der Waals surface area contributed by atoms with Crippen LogP contribution in [0.1, 0.15) is 16.2 Å². The molecule has 0 aliphatic heterocycles. The Morgan fingerprint density at radius 1 is 1.28 bits per heavy atom. The molecule has 5 nitrogen and oxygen atoms in total. The summed E-state index contributed by atoms with van der Waals surface area (Å²) >= 11 is 0. The topological polar surface area (TPSA) is 76.5 Å². The lowest BCUT2D eigenvalue weighted by molar-refractivity contribution is 0.0689. The number of benzene rings is 1. The van der Waals surface area contributed by atoms with Gasteiger partial charge in [0.05, 0.1) is 0 Å². The lowest BCUT2D eigenvalue weighted by atomic mass is 10.2. The van der Waals surface area contributed by atoms with Crippen LogP contribution in [0.2, 0.25) is 0 Å². The first-order chi connectivity index (χ1) is 8.65. The Labute approximate surface area is 102 Å². The van der Waals surface area contributed by atoms with Crippen molar-refractivity contribution in [2.45, 2.75) is 6.92 Å². The molecule has 1 aromatic carbocycles. The summed E-state index contributed by atoms with van der Waals surface area (Å²) in [4.78, 5) is 14.8. The largest absolute Gasteiger partial charge is 0.476 e. The molecule has 0 aliphatic carbocycles. The van der Waals surface area contributed by atoms with Crippen LogP contribution >= 0.6 is 0 Å². The summed E-state index contributed by atoms with van der Waals surface area (Å²) in [7, 11) is 0. The van der Waals surface area contributed by atoms with Crippen molar-refractivity contribution in [1.82, 2.24) is 4.98 Å². The number of hydrogen-bond acceptors (Lipinski definition) is 4. The third kappa shape index (κ3) is 1.57. The van der Waals surface area contributed by atoms with Crippen LogP contribution in [0.5, 0.6) is 0 Å². The number of fused-ring (bicyclic) bond motifs is 1. The summed E-state index contributed by atoms with van der Waals surface area (Å²) in [6.07, 6.45) is 0. The van der Waals surface area contributed by atoms with E-state index in [0.717, 1.165) is 5.39 Å². The zero-order chi connectivity index (χ0) is 12.7. The predicted molar refractivity (Wildman–Crippen MR) is 63.4 cm³/mol. The molecule has 18 heavy (non-hydrogen) atoms. The number of nitrogens with zero attached hydrogens (tertiary/aromatic N) is 1. The van der Waals surface area contributed by atoms with Crippen LogP contribution < -0.4 is 0 Å². The van der Waals surface area contributed by atoms with Crippen molar-refractivity contribution in [2.24, 2.45) is 0 Å². The van der Waals surface area contributed by atoms with Crippen LogP contribution in [0.4, 0.5) is 0 Å². The third-order valence-electron chi connectivity index (χ3n) is 2.64. The summed E-state index contributed by atoms with van der Waals surface area (Å²) in [5, 5.41) is 9.83. The molecule has 0 amide bonds. The molecule has 0 bridgehead atoms. The summed E-state index contributed by atoms with van der Waals surface area (Å²) in [6.45, 7) is 1.56. The minimum atomic E-state index is -1.11. The minimum Gasteiger partial charge on any atom is -0.476 e. The van der Waals surface area contributed by atoms with Gasteiger partial charge in [0.15, 0.2) is 11.5 Å². The molecule has 5 heteroatoms. The van der Waals surface area contributed by atoms with Gasteiger partial charge < -0.3 is 13.9 Å². The number of rotatable bonds is 2. The van der Waals surface area contributed by atoms with Crippen LogP contribution in [-0.2, 0) is 0 Å². The standard InChI is InChI=1S/C13H9NO4/c1-7-11(13(15)16)14-12(17-7)10-6-8-4-2-3-5-9(8)18-10/h2-6H,1H3,(H,15,16). The second kappa shape index (κ2) is 3.73. The fourth-order valence-corrected chi connectivity index (χ4v) is 1.79. The Bertz CT molecular complexity index is 705. The molecule has 0 saturated carbocycles. The molecule has 0 fully saturated rings. The van der Waals surface area contributed by atoms with Gasteiger partial charge in [-0.1, -0.05) is 18.2 Å². The van der Waals surface area contributed by atoms with E-state index < -0.39 is 5.97 Å². The SMILES string of the molecule is Cc1oc(-c2cc3ccccc3o2)nc1C(=O)O. The molecule has 0 unspecified atom stereocenters. The quantitative estimate of drug-likeness (QED) is 0.748. The first kappa shape index (κ1) is 10.6. The van der Waals surface area contributed by atoms with E-state index in [1.165, 1.54) is 0 Å². The molecule has 0 radical (unpaired) electrons. The van der Waals surface area contributed by atoms with Gasteiger partial charge in [-0.15, -0.1) is 0 Å². The number of aromatic nitrogens is 1. The summed E-state index contributed by atoms with van der Waals surface area (Å²) in [5.74, 6) is -0.246. The van der Waals surface area contributed by atoms with Crippen molar-refractivity contribution >= 4 is 16.9 Å². The Balaban J connectivity index is 2.14. The average molecular weight is 243 g/mol. The lowest BCUT2D eigenvalue weighted by Crippen LogP contribution is -1.98. The van der Waals surface area contributed by atoms with Crippen molar-refractivity contribution in [1.29, 1.82) is 0 Å². The van der Waals surface area contributed by atoms with Crippen molar-refractivity contribution < 1.29 is 18.7 Å². The van der Waals surface area contributed by atoms with Crippen LogP contribution in [0.25, 0.3) is 22.6 Å². The summed E-state index contributed by atoms with van der Waals surface area (Å²) in [6, 6.07) is 9.25. The van der Waals surface area contributed by atoms with Crippen LogP contribution in [0.15, 0.2) is 39.2 Å². The molecule has 3 aromatic rings. The molecular formula is C13H9NO4. The number of furan rings is 1. The first-order valence-corrected chi connectivity index (χ1v) is 5.35. The number of carbonyl (C=O) groups is 1. The van der Waals surface area contributed by atoms with E-state index in [2.05, 4.69) is 4.98 Å². The number of aromatic carboxylic acids is 1. The highest BCUT2D eigenvalue weighted by atomic mass is 16.4. The van der Waals surface area contributed by atoms with E-state index in [0.29, 0.717) is 11.3 Å². The second-order valence-corrected chi connectivity index (χ2v) is 3.88. The average Bonchev–Trinajstić information content (AvgIpc) is 2.91. The van der Waals surface area contributed by atoms with Crippen molar-refractivity contribution in [3.05, 3.63) is 41.8 Å². The van der Waals surface area contributed by atoms with Crippen molar-refractivity contribution in [3.8, 4) is 11.7 Å². The van der Waals surface area contributed by atoms with E-state index >= 15 is 0 Å². The molecule has 90 valence electrons. The smallest absolute Gasteiger partial charge is 0.358 e. The van der Waals surface area contributed by atoms with Gasteiger partial charge in [0.2, 0.25) is 0 Å². The number of hydrogen-bond donors (Lipinski definition) is 1. The molecular weight excluding hydrogens is 234 g/mol. The maximum atomic E-state index is 10.9. The monoisotopic (exact) mass is 243 g/mol. The Kier molecular flexibility index (Phi) is 2.19. The minimum absolute atomic E-state index is 0.0922. The van der Waals surface area contributed by atoms with Gasteiger partial charge in [0.25, 0.3) is 5.89 Å². The van der Waals surface area contributed by atoms with Gasteiger partial charge >= 0.3 is 5.97 Å². The number of oxazole rings is 1. The fourth-order valence-electron chi connectivity index (χ4n) is 1.79. The zero-order valence-electron chi connectivity index (χ0n) is 9.51. The predicted octanol–water partition coefficient (Wildman–Crippen LogP) is 3.09. The van der Waals surface area contributed by atoms with Gasteiger partial charge in [0, 0.05) is 5.39 Å². The summed E-state index contributed by atoms with van der Waals surface area (Å²) in [5.41, 5.74) is 0.616. The Morgan fingerprint density at radius 3 is 2.72 bits per heavy atom. The number of para-hydroxylation sites is 1. The van der Waals surface area contributed by atoms with Gasteiger partial charge in [0.1, 0.15) is 11.3 Å². The summed E-state index contributed by atoms with van der Waals surface area (Å²) < 4.78 is 10.9. The highest BCUT2D eigenvalue weighted by Gasteiger charge is 2.19. The second-order valence-electron chi connectivity index (χ2n) is 3.88. The molecule has 0 spiro atoms. The van der Waals surface area contributed by atoms with Crippen molar-refractivity contribution in [2.75, 3.05) is 0 Å². The fraction of sp³-hybridized carbons (Fsp3) is 0.0769. The van der Waals surface area contributed by atoms with E-state index in [1.54, 1.807) is 13.0 Å². The van der Waals surface area contributed by atoms with E-state index in [9.17, 15) is 4.79 Å². The van der Waals surface area contributed by atoms with E-state index in [1.807, 2.05) is 24.3 Å². The van der Waals surface area contributed by atoms with Crippen LogP contribution in [-0.4, -0.2) is 16.1 Å². The molecule has 2 heterocycles. The van der Waals surface area contributed by atoms with E-state index in [-0.39, 0.29) is 17.3 Å². The maximum absolute atomic E-state index is 10.9. The normalized spacial score (nSPS) is 10.9. The molecule has 0 saturated heterocycles. The highest BCUT2D eigenvalue weighted by molar-refractivity contribution is 5.87. The molecule has 3 rings (SSSR count). The molecule has 0 atom stereocenters. The lowest BCUT2D eigenvalue weighted by Gasteiger charge is -1.86. The highest BCUT2D eigenvalue weighted by Crippen LogP contribution is 2.28. The number of aryl methyl sites for hydroxylation is 1. The first-order valence-electron chi connectivity index (χ1n) is 5.35. The Morgan fingerprint density at radius 2 is 2.06 bits per heavy atom. The zero-order valence-corrected chi connectivity index (χ0v) is 9.51. The van der Waals surface area contributed by atoms with E-state index in [4.69, 9.17) is 13.9 Å². The van der Waals surface area contributed by atoms with Crippen LogP contribution in [0.3, 0.4) is 0 Å². The maximum Gasteiger partial charge on any atom is 0.358 e.